The number of hydrogen-bond acceptors (Lipinski definition) is 6. The predicted octanol–water partition coefficient (Wildman–Crippen LogP) is 3.93. The van der Waals surface area contributed by atoms with Gasteiger partial charge >= 0.3 is 0 Å². The lowest BCUT2D eigenvalue weighted by atomic mass is 9.95. The second-order valence-corrected chi connectivity index (χ2v) is 9.76. The van der Waals surface area contributed by atoms with Gasteiger partial charge in [-0.05, 0) is 57.6 Å². The van der Waals surface area contributed by atoms with Crippen molar-refractivity contribution in [1.82, 2.24) is 20.2 Å². The van der Waals surface area contributed by atoms with Crippen molar-refractivity contribution in [2.75, 3.05) is 37.6 Å². The summed E-state index contributed by atoms with van der Waals surface area (Å²) in [6, 6.07) is 8.73. The van der Waals surface area contributed by atoms with Crippen LogP contribution >= 0.6 is 0 Å². The molecule has 0 atom stereocenters. The van der Waals surface area contributed by atoms with Gasteiger partial charge in [0.05, 0.1) is 5.39 Å². The first kappa shape index (κ1) is 22.8. The van der Waals surface area contributed by atoms with E-state index in [0.717, 1.165) is 87.5 Å². The highest BCUT2D eigenvalue weighted by atomic mass is 16.3. The van der Waals surface area contributed by atoms with Crippen molar-refractivity contribution in [3.05, 3.63) is 52.5 Å². The van der Waals surface area contributed by atoms with E-state index in [4.69, 9.17) is 9.40 Å². The maximum atomic E-state index is 12.8. The molecule has 1 saturated heterocycles. The molecule has 0 spiro atoms. The lowest BCUT2D eigenvalue weighted by molar-refractivity contribution is -0.125. The minimum atomic E-state index is 0.0729. The zero-order chi connectivity index (χ0) is 23.7. The molecule has 0 bridgehead atoms. The van der Waals surface area contributed by atoms with E-state index in [2.05, 4.69) is 51.3 Å². The van der Waals surface area contributed by atoms with E-state index in [0.29, 0.717) is 11.5 Å². The molecule has 34 heavy (non-hydrogen) atoms. The molecule has 2 aliphatic rings. The Kier molecular flexibility index (Phi) is 6.55. The SMILES string of the molecule is Cc1nc(N2CCC(C(=O)NCCCN3CCc4ccccc4C3)CC2)c2c(C)c(C)oc2n1. The molecule has 1 aromatic carbocycles. The predicted molar refractivity (Wildman–Crippen MR) is 134 cm³/mol. The van der Waals surface area contributed by atoms with Crippen LogP contribution in [0.2, 0.25) is 0 Å². The monoisotopic (exact) mass is 461 g/mol. The van der Waals surface area contributed by atoms with Gasteiger partial charge in [-0.3, -0.25) is 9.69 Å². The van der Waals surface area contributed by atoms with E-state index in [-0.39, 0.29) is 11.8 Å². The van der Waals surface area contributed by atoms with Crippen LogP contribution in [0, 0.1) is 26.7 Å². The van der Waals surface area contributed by atoms with E-state index >= 15 is 0 Å². The maximum Gasteiger partial charge on any atom is 0.231 e. The first-order chi connectivity index (χ1) is 16.5. The minimum absolute atomic E-state index is 0.0729. The Morgan fingerprint density at radius 2 is 1.85 bits per heavy atom. The summed E-state index contributed by atoms with van der Waals surface area (Å²) in [4.78, 5) is 26.8. The topological polar surface area (TPSA) is 74.5 Å². The summed E-state index contributed by atoms with van der Waals surface area (Å²) in [5.41, 5.74) is 4.69. The highest BCUT2D eigenvalue weighted by Crippen LogP contribution is 2.33. The van der Waals surface area contributed by atoms with Gasteiger partial charge in [-0.15, -0.1) is 0 Å². The van der Waals surface area contributed by atoms with E-state index in [1.807, 2.05) is 13.8 Å². The number of carbonyl (C=O) groups excluding carboxylic acids is 1. The molecule has 0 aliphatic carbocycles. The van der Waals surface area contributed by atoms with Crippen LogP contribution in [0.15, 0.2) is 28.7 Å². The van der Waals surface area contributed by atoms with Crippen LogP contribution in [0.25, 0.3) is 11.1 Å². The third kappa shape index (κ3) is 4.67. The summed E-state index contributed by atoms with van der Waals surface area (Å²) < 4.78 is 5.84. The number of piperidine rings is 1. The summed E-state index contributed by atoms with van der Waals surface area (Å²) >= 11 is 0. The molecule has 3 aromatic rings. The smallest absolute Gasteiger partial charge is 0.231 e. The van der Waals surface area contributed by atoms with Crippen molar-refractivity contribution in [3.63, 3.8) is 0 Å². The van der Waals surface area contributed by atoms with Crippen molar-refractivity contribution in [3.8, 4) is 0 Å². The number of amides is 1. The number of nitrogens with zero attached hydrogens (tertiary/aromatic N) is 4. The molecular weight excluding hydrogens is 426 g/mol. The molecule has 0 radical (unpaired) electrons. The fourth-order valence-corrected chi connectivity index (χ4v) is 5.32. The zero-order valence-corrected chi connectivity index (χ0v) is 20.6. The van der Waals surface area contributed by atoms with Gasteiger partial charge in [-0.2, -0.15) is 4.98 Å². The number of benzene rings is 1. The third-order valence-corrected chi connectivity index (χ3v) is 7.45. The fourth-order valence-electron chi connectivity index (χ4n) is 5.32. The Bertz CT molecular complexity index is 1180. The molecule has 180 valence electrons. The van der Waals surface area contributed by atoms with Gasteiger partial charge in [0.2, 0.25) is 11.6 Å². The molecule has 2 aliphatic heterocycles. The first-order valence-corrected chi connectivity index (χ1v) is 12.6. The molecule has 1 N–H and O–H groups in total. The van der Waals surface area contributed by atoms with E-state index in [9.17, 15) is 4.79 Å². The fraction of sp³-hybridized carbons (Fsp3) is 0.519. The van der Waals surface area contributed by atoms with E-state index < -0.39 is 0 Å². The molecule has 0 unspecified atom stereocenters. The highest BCUT2D eigenvalue weighted by molar-refractivity contribution is 5.90. The number of furan rings is 1. The van der Waals surface area contributed by atoms with Crippen molar-refractivity contribution in [2.45, 2.75) is 53.0 Å². The molecule has 4 heterocycles. The largest absolute Gasteiger partial charge is 0.443 e. The van der Waals surface area contributed by atoms with Crippen molar-refractivity contribution < 1.29 is 9.21 Å². The van der Waals surface area contributed by atoms with Gasteiger partial charge < -0.3 is 14.6 Å². The van der Waals surface area contributed by atoms with Crippen molar-refractivity contribution >= 4 is 22.8 Å². The highest BCUT2D eigenvalue weighted by Gasteiger charge is 2.28. The van der Waals surface area contributed by atoms with Gasteiger partial charge in [-0.25, -0.2) is 4.98 Å². The van der Waals surface area contributed by atoms with Crippen LogP contribution in [0.1, 0.15) is 47.5 Å². The van der Waals surface area contributed by atoms with Gasteiger partial charge in [0.15, 0.2) is 0 Å². The number of carbonyl (C=O) groups is 1. The summed E-state index contributed by atoms with van der Waals surface area (Å²) in [7, 11) is 0. The third-order valence-electron chi connectivity index (χ3n) is 7.45. The number of hydrogen-bond donors (Lipinski definition) is 1. The number of aryl methyl sites for hydroxylation is 3. The summed E-state index contributed by atoms with van der Waals surface area (Å²) in [5, 5.41) is 4.20. The summed E-state index contributed by atoms with van der Waals surface area (Å²) in [6.07, 6.45) is 3.80. The Morgan fingerprint density at radius 3 is 2.65 bits per heavy atom. The van der Waals surface area contributed by atoms with Crippen LogP contribution in [-0.4, -0.2) is 53.5 Å². The Hall–Kier alpha value is -2.93. The van der Waals surface area contributed by atoms with Crippen LogP contribution < -0.4 is 10.2 Å². The lowest BCUT2D eigenvalue weighted by Gasteiger charge is -2.32. The van der Waals surface area contributed by atoms with Crippen molar-refractivity contribution in [1.29, 1.82) is 0 Å². The number of nitrogens with one attached hydrogen (secondary N) is 1. The van der Waals surface area contributed by atoms with E-state index in [1.54, 1.807) is 0 Å². The summed E-state index contributed by atoms with van der Waals surface area (Å²) in [5.74, 6) is 2.82. The molecule has 7 heteroatoms. The van der Waals surface area contributed by atoms with Gasteiger partial charge in [0.1, 0.15) is 17.4 Å². The number of aromatic nitrogens is 2. The van der Waals surface area contributed by atoms with Crippen LogP contribution in [-0.2, 0) is 17.8 Å². The molecule has 7 nitrogen and oxygen atoms in total. The van der Waals surface area contributed by atoms with E-state index in [1.165, 1.54) is 11.1 Å². The van der Waals surface area contributed by atoms with Gasteiger partial charge in [-0.1, -0.05) is 24.3 Å². The summed E-state index contributed by atoms with van der Waals surface area (Å²) in [6.45, 7) is 11.5. The van der Waals surface area contributed by atoms with Gasteiger partial charge in [0, 0.05) is 50.7 Å². The van der Waals surface area contributed by atoms with Crippen molar-refractivity contribution in [2.24, 2.45) is 5.92 Å². The number of rotatable bonds is 6. The normalized spacial score (nSPS) is 17.2. The zero-order valence-electron chi connectivity index (χ0n) is 20.6. The number of fused-ring (bicyclic) bond motifs is 2. The second kappa shape index (κ2) is 9.74. The molecule has 2 aromatic heterocycles. The van der Waals surface area contributed by atoms with Crippen LogP contribution in [0.3, 0.4) is 0 Å². The Balaban J connectivity index is 1.09. The second-order valence-electron chi connectivity index (χ2n) is 9.76. The number of anilines is 1. The quantitative estimate of drug-likeness (QED) is 0.561. The molecule has 1 amide bonds. The maximum absolute atomic E-state index is 12.8. The standard InChI is InChI=1S/C27H35N5O2/c1-18-19(2)34-27-24(18)25(29-20(3)30-27)32-15-10-22(11-16-32)26(33)28-12-6-13-31-14-9-21-7-4-5-8-23(21)17-31/h4-5,7-8,22H,6,9-17H2,1-3H3,(H,28,33). The van der Waals surface area contributed by atoms with Crippen LogP contribution in [0.5, 0.6) is 0 Å². The Morgan fingerprint density at radius 1 is 1.09 bits per heavy atom. The Labute approximate surface area is 201 Å². The molecule has 5 rings (SSSR count). The lowest BCUT2D eigenvalue weighted by Crippen LogP contribution is -2.41. The molecule has 1 fully saturated rings. The first-order valence-electron chi connectivity index (χ1n) is 12.6. The average molecular weight is 462 g/mol. The van der Waals surface area contributed by atoms with Crippen LogP contribution in [0.4, 0.5) is 5.82 Å². The van der Waals surface area contributed by atoms with Gasteiger partial charge in [0.25, 0.3) is 0 Å². The molecular formula is C27H35N5O2. The minimum Gasteiger partial charge on any atom is -0.443 e. The average Bonchev–Trinajstić information content (AvgIpc) is 3.14. The molecule has 0 saturated carbocycles.